The van der Waals surface area contributed by atoms with Gasteiger partial charge >= 0.3 is 0 Å². The zero-order valence-corrected chi connectivity index (χ0v) is 10.2. The van der Waals surface area contributed by atoms with Crippen molar-refractivity contribution in [2.45, 2.75) is 64.8 Å². The SMILES string of the molecule is CC(C)N(O[C@@H]1C=C[C@H](O)CC1)C(C)C. The third-order valence-electron chi connectivity index (χ3n) is 2.57. The van der Waals surface area contributed by atoms with Crippen LogP contribution in [0, 0.1) is 0 Å². The molecular weight excluding hydrogens is 190 g/mol. The van der Waals surface area contributed by atoms with Gasteiger partial charge < -0.3 is 5.11 Å². The van der Waals surface area contributed by atoms with Crippen LogP contribution in [0.3, 0.4) is 0 Å². The van der Waals surface area contributed by atoms with Crippen molar-refractivity contribution in [3.05, 3.63) is 12.2 Å². The first-order valence-electron chi connectivity index (χ1n) is 5.82. The van der Waals surface area contributed by atoms with Crippen molar-refractivity contribution in [2.75, 3.05) is 0 Å². The van der Waals surface area contributed by atoms with Gasteiger partial charge in [-0.2, -0.15) is 5.06 Å². The lowest BCUT2D eigenvalue weighted by Crippen LogP contribution is -2.40. The smallest absolute Gasteiger partial charge is 0.0976 e. The lowest BCUT2D eigenvalue weighted by Gasteiger charge is -2.33. The largest absolute Gasteiger partial charge is 0.389 e. The van der Waals surface area contributed by atoms with Crippen LogP contribution in [0.25, 0.3) is 0 Å². The van der Waals surface area contributed by atoms with Crippen LogP contribution in [0.5, 0.6) is 0 Å². The van der Waals surface area contributed by atoms with Gasteiger partial charge in [-0.15, -0.1) is 0 Å². The molecule has 1 N–H and O–H groups in total. The summed E-state index contributed by atoms with van der Waals surface area (Å²) in [4.78, 5) is 5.90. The zero-order chi connectivity index (χ0) is 11.4. The van der Waals surface area contributed by atoms with Gasteiger partial charge in [-0.3, -0.25) is 4.84 Å². The highest BCUT2D eigenvalue weighted by atomic mass is 16.7. The van der Waals surface area contributed by atoms with Crippen LogP contribution >= 0.6 is 0 Å². The van der Waals surface area contributed by atoms with Gasteiger partial charge in [-0.05, 0) is 40.5 Å². The molecule has 3 nitrogen and oxygen atoms in total. The second kappa shape index (κ2) is 5.64. The average Bonchev–Trinajstić information content (AvgIpc) is 2.15. The van der Waals surface area contributed by atoms with E-state index in [1.165, 1.54) is 0 Å². The van der Waals surface area contributed by atoms with Crippen LogP contribution in [0.4, 0.5) is 0 Å². The Bertz CT molecular complexity index is 206. The van der Waals surface area contributed by atoms with Crippen molar-refractivity contribution in [1.29, 1.82) is 0 Å². The molecule has 0 spiro atoms. The highest BCUT2D eigenvalue weighted by Crippen LogP contribution is 2.18. The van der Waals surface area contributed by atoms with E-state index in [0.717, 1.165) is 12.8 Å². The van der Waals surface area contributed by atoms with Crippen molar-refractivity contribution < 1.29 is 9.94 Å². The van der Waals surface area contributed by atoms with Crippen LogP contribution < -0.4 is 0 Å². The molecule has 0 fully saturated rings. The fourth-order valence-electron chi connectivity index (χ4n) is 1.86. The average molecular weight is 213 g/mol. The molecule has 0 aliphatic heterocycles. The van der Waals surface area contributed by atoms with Crippen molar-refractivity contribution in [3.63, 3.8) is 0 Å². The summed E-state index contributed by atoms with van der Waals surface area (Å²) < 4.78 is 0. The number of aliphatic hydroxyl groups excluding tert-OH is 1. The first kappa shape index (κ1) is 12.7. The second-order valence-corrected chi connectivity index (χ2v) is 4.72. The minimum absolute atomic E-state index is 0.123. The number of hydrogen-bond donors (Lipinski definition) is 1. The summed E-state index contributed by atoms with van der Waals surface area (Å²) in [6.45, 7) is 8.51. The Balaban J connectivity index is 2.48. The summed E-state index contributed by atoms with van der Waals surface area (Å²) in [5.74, 6) is 0. The molecule has 0 amide bonds. The van der Waals surface area contributed by atoms with Crippen molar-refractivity contribution in [2.24, 2.45) is 0 Å². The Morgan fingerprint density at radius 2 is 1.73 bits per heavy atom. The molecule has 88 valence electrons. The summed E-state index contributed by atoms with van der Waals surface area (Å²) in [5.41, 5.74) is 0. The lowest BCUT2D eigenvalue weighted by atomic mass is 10.0. The number of hydroxylamine groups is 2. The summed E-state index contributed by atoms with van der Waals surface area (Å²) in [6.07, 6.45) is 5.33. The lowest BCUT2D eigenvalue weighted by molar-refractivity contribution is -0.224. The maximum Gasteiger partial charge on any atom is 0.0976 e. The molecule has 0 saturated carbocycles. The van der Waals surface area contributed by atoms with Gasteiger partial charge in [0.05, 0.1) is 12.2 Å². The van der Waals surface area contributed by atoms with Crippen LogP contribution in [-0.2, 0) is 4.84 Å². The van der Waals surface area contributed by atoms with Crippen LogP contribution in [-0.4, -0.2) is 34.5 Å². The van der Waals surface area contributed by atoms with E-state index in [1.807, 2.05) is 17.2 Å². The molecule has 1 rings (SSSR count). The minimum Gasteiger partial charge on any atom is -0.389 e. The molecule has 1 aliphatic carbocycles. The van der Waals surface area contributed by atoms with E-state index in [1.54, 1.807) is 0 Å². The summed E-state index contributed by atoms with van der Waals surface area (Å²) >= 11 is 0. The molecule has 1 aliphatic rings. The summed E-state index contributed by atoms with van der Waals surface area (Å²) in [5, 5.41) is 11.3. The normalized spacial score (nSPS) is 26.9. The zero-order valence-electron chi connectivity index (χ0n) is 10.2. The molecule has 3 heteroatoms. The standard InChI is InChI=1S/C12H23NO2/c1-9(2)13(10(3)4)15-12-7-5-11(14)6-8-12/h5,7,9-12,14H,6,8H2,1-4H3/t11-,12+/m0/s1. The molecule has 0 aromatic heterocycles. The number of rotatable bonds is 4. The monoisotopic (exact) mass is 213 g/mol. The molecule has 0 radical (unpaired) electrons. The topological polar surface area (TPSA) is 32.7 Å². The number of hydrogen-bond acceptors (Lipinski definition) is 3. The first-order chi connectivity index (χ1) is 7.00. The first-order valence-corrected chi connectivity index (χ1v) is 5.82. The number of aliphatic hydroxyl groups is 1. The Labute approximate surface area is 92.7 Å². The van der Waals surface area contributed by atoms with E-state index in [2.05, 4.69) is 27.7 Å². The summed E-state index contributed by atoms with van der Waals surface area (Å²) in [7, 11) is 0. The predicted molar refractivity (Wildman–Crippen MR) is 61.4 cm³/mol. The van der Waals surface area contributed by atoms with E-state index in [4.69, 9.17) is 4.84 Å². The van der Waals surface area contributed by atoms with E-state index in [-0.39, 0.29) is 12.2 Å². The van der Waals surface area contributed by atoms with Crippen molar-refractivity contribution >= 4 is 0 Å². The van der Waals surface area contributed by atoms with Crippen molar-refractivity contribution in [1.82, 2.24) is 5.06 Å². The molecule has 15 heavy (non-hydrogen) atoms. The Hall–Kier alpha value is -0.380. The Kier molecular flexibility index (Phi) is 4.77. The highest BCUT2D eigenvalue weighted by Gasteiger charge is 2.21. The van der Waals surface area contributed by atoms with E-state index in [0.29, 0.717) is 12.1 Å². The van der Waals surface area contributed by atoms with E-state index < -0.39 is 0 Å². The quantitative estimate of drug-likeness (QED) is 0.573. The molecule has 0 bridgehead atoms. The van der Waals surface area contributed by atoms with Crippen molar-refractivity contribution in [3.8, 4) is 0 Å². The molecule has 0 aromatic carbocycles. The van der Waals surface area contributed by atoms with Gasteiger partial charge in [0.2, 0.25) is 0 Å². The van der Waals surface area contributed by atoms with E-state index >= 15 is 0 Å². The fraction of sp³-hybridized carbons (Fsp3) is 0.833. The van der Waals surface area contributed by atoms with Gasteiger partial charge in [-0.25, -0.2) is 0 Å². The molecule has 0 unspecified atom stereocenters. The van der Waals surface area contributed by atoms with E-state index in [9.17, 15) is 5.11 Å². The predicted octanol–water partition coefficient (Wildman–Crippen LogP) is 2.12. The third-order valence-corrected chi connectivity index (χ3v) is 2.57. The highest BCUT2D eigenvalue weighted by molar-refractivity contribution is 4.99. The second-order valence-electron chi connectivity index (χ2n) is 4.72. The molecule has 0 saturated heterocycles. The molecule has 0 aromatic rings. The van der Waals surface area contributed by atoms with Gasteiger partial charge in [0.25, 0.3) is 0 Å². The summed E-state index contributed by atoms with van der Waals surface area (Å²) in [6, 6.07) is 0.760. The van der Waals surface area contributed by atoms with Gasteiger partial charge in [0, 0.05) is 12.1 Å². The third kappa shape index (κ3) is 3.93. The minimum atomic E-state index is -0.281. The van der Waals surface area contributed by atoms with Crippen LogP contribution in [0.15, 0.2) is 12.2 Å². The molecular formula is C12H23NO2. The maximum absolute atomic E-state index is 9.32. The molecule has 0 heterocycles. The van der Waals surface area contributed by atoms with Gasteiger partial charge in [-0.1, -0.05) is 12.2 Å². The Morgan fingerprint density at radius 3 is 2.13 bits per heavy atom. The van der Waals surface area contributed by atoms with Gasteiger partial charge in [0.15, 0.2) is 0 Å². The van der Waals surface area contributed by atoms with Crippen LogP contribution in [0.1, 0.15) is 40.5 Å². The Morgan fingerprint density at radius 1 is 1.13 bits per heavy atom. The fourth-order valence-corrected chi connectivity index (χ4v) is 1.86. The maximum atomic E-state index is 9.32. The molecule has 2 atom stereocenters. The van der Waals surface area contributed by atoms with Crippen LogP contribution in [0.2, 0.25) is 0 Å². The number of nitrogens with zero attached hydrogens (tertiary/aromatic N) is 1. The van der Waals surface area contributed by atoms with Gasteiger partial charge in [0.1, 0.15) is 0 Å².